The Morgan fingerprint density at radius 3 is 2.80 bits per heavy atom. The fourth-order valence-corrected chi connectivity index (χ4v) is 2.45. The molecule has 1 aliphatic rings. The van der Waals surface area contributed by atoms with Gasteiger partial charge in [0.15, 0.2) is 17.3 Å². The molecule has 1 aromatic rings. The minimum Gasteiger partial charge on any atom is -0.454 e. The summed E-state index contributed by atoms with van der Waals surface area (Å²) in [6.07, 6.45) is 0. The number of thioether (sulfide) groups is 1. The second kappa shape index (κ2) is 6.28. The predicted octanol–water partition coefficient (Wildman–Crippen LogP) is 2.73. The summed E-state index contributed by atoms with van der Waals surface area (Å²) in [7, 11) is 3.75. The van der Waals surface area contributed by atoms with Crippen LogP contribution in [0.15, 0.2) is 30.4 Å². The van der Waals surface area contributed by atoms with Crippen LogP contribution in [0.2, 0.25) is 0 Å². The normalized spacial score (nSPS) is 12.1. The zero-order valence-corrected chi connectivity index (χ0v) is 13.0. The third kappa shape index (κ3) is 3.32. The minimum atomic E-state index is -0.0997. The van der Waals surface area contributed by atoms with Crippen LogP contribution in [0.5, 0.6) is 11.5 Å². The van der Waals surface area contributed by atoms with Gasteiger partial charge in [0.1, 0.15) is 4.32 Å². The van der Waals surface area contributed by atoms with E-state index in [2.05, 4.69) is 6.58 Å². The maximum atomic E-state index is 12.3. The molecular weight excluding hydrogens is 294 g/mol. The molecule has 0 spiro atoms. The molecule has 0 amide bonds. The lowest BCUT2D eigenvalue weighted by atomic mass is 10.1. The van der Waals surface area contributed by atoms with Crippen LogP contribution in [0, 0.1) is 0 Å². The zero-order chi connectivity index (χ0) is 14.7. The summed E-state index contributed by atoms with van der Waals surface area (Å²) < 4.78 is 11.2. The van der Waals surface area contributed by atoms with Gasteiger partial charge in [-0.1, -0.05) is 30.6 Å². The molecule has 0 N–H and O–H groups in total. The Labute approximate surface area is 127 Å². The molecule has 20 heavy (non-hydrogen) atoms. The van der Waals surface area contributed by atoms with E-state index in [4.69, 9.17) is 21.7 Å². The molecule has 0 fully saturated rings. The van der Waals surface area contributed by atoms with E-state index in [1.165, 1.54) is 11.8 Å². The highest BCUT2D eigenvalue weighted by atomic mass is 32.2. The van der Waals surface area contributed by atoms with E-state index in [0.717, 1.165) is 4.32 Å². The summed E-state index contributed by atoms with van der Waals surface area (Å²) in [6.45, 7) is 4.03. The lowest BCUT2D eigenvalue weighted by Gasteiger charge is -2.13. The van der Waals surface area contributed by atoms with E-state index in [-0.39, 0.29) is 12.6 Å². The van der Waals surface area contributed by atoms with E-state index < -0.39 is 0 Å². The van der Waals surface area contributed by atoms with Crippen molar-refractivity contribution >= 4 is 34.1 Å². The first kappa shape index (κ1) is 14.9. The quantitative estimate of drug-likeness (QED) is 0.484. The number of thiocarbonyl (C=S) groups is 1. The number of carbonyl (C=O) groups excluding carboxylic acids is 1. The number of ether oxygens (including phenoxy) is 2. The van der Waals surface area contributed by atoms with Gasteiger partial charge in [-0.2, -0.15) is 0 Å². The molecule has 0 bridgehead atoms. The maximum absolute atomic E-state index is 12.3. The third-order valence-corrected chi connectivity index (χ3v) is 4.51. The van der Waals surface area contributed by atoms with Crippen LogP contribution in [0.4, 0.5) is 0 Å². The van der Waals surface area contributed by atoms with Crippen LogP contribution in [-0.2, 0) is 0 Å². The smallest absolute Gasteiger partial charge is 0.231 e. The SMILES string of the molecule is C=C(CSC(=S)N(C)C)C(=O)c1ccc2c(c1)OCO2. The number of rotatable bonds is 4. The molecular formula is C14H15NO3S2. The highest BCUT2D eigenvalue weighted by molar-refractivity contribution is 8.23. The summed E-state index contributed by atoms with van der Waals surface area (Å²) in [6, 6.07) is 5.14. The van der Waals surface area contributed by atoms with Crippen molar-refractivity contribution in [2.75, 3.05) is 26.6 Å². The van der Waals surface area contributed by atoms with Crippen molar-refractivity contribution in [3.05, 3.63) is 35.9 Å². The molecule has 6 heteroatoms. The Morgan fingerprint density at radius 2 is 2.10 bits per heavy atom. The highest BCUT2D eigenvalue weighted by Gasteiger charge is 2.18. The van der Waals surface area contributed by atoms with E-state index in [1.807, 2.05) is 19.0 Å². The van der Waals surface area contributed by atoms with Gasteiger partial charge in [-0.3, -0.25) is 4.79 Å². The summed E-state index contributed by atoms with van der Waals surface area (Å²) in [5.74, 6) is 1.64. The summed E-state index contributed by atoms with van der Waals surface area (Å²) in [5.41, 5.74) is 1.06. The number of carbonyl (C=O) groups is 1. The lowest BCUT2D eigenvalue weighted by Crippen LogP contribution is -2.17. The van der Waals surface area contributed by atoms with Crippen molar-refractivity contribution in [3.8, 4) is 11.5 Å². The molecule has 4 nitrogen and oxygen atoms in total. The van der Waals surface area contributed by atoms with Crippen molar-refractivity contribution in [3.63, 3.8) is 0 Å². The van der Waals surface area contributed by atoms with Gasteiger partial charge >= 0.3 is 0 Å². The number of Topliss-reactive ketones (excluding diaryl/α,β-unsaturated/α-hetero) is 1. The van der Waals surface area contributed by atoms with Crippen molar-refractivity contribution in [2.45, 2.75) is 0 Å². The molecule has 0 saturated heterocycles. The van der Waals surface area contributed by atoms with Gasteiger partial charge in [0, 0.05) is 31.0 Å². The molecule has 1 aromatic carbocycles. The van der Waals surface area contributed by atoms with Crippen molar-refractivity contribution in [1.29, 1.82) is 0 Å². The molecule has 1 heterocycles. The fraction of sp³-hybridized carbons (Fsp3) is 0.286. The average Bonchev–Trinajstić information content (AvgIpc) is 2.90. The number of hydrogen-bond acceptors (Lipinski definition) is 5. The van der Waals surface area contributed by atoms with Gasteiger partial charge in [-0.15, -0.1) is 0 Å². The van der Waals surface area contributed by atoms with E-state index in [9.17, 15) is 4.79 Å². The topological polar surface area (TPSA) is 38.8 Å². The Hall–Kier alpha value is -1.53. The number of benzene rings is 1. The second-order valence-corrected chi connectivity index (χ2v) is 6.06. The molecule has 0 saturated carbocycles. The van der Waals surface area contributed by atoms with Gasteiger partial charge in [0.2, 0.25) is 6.79 Å². The Morgan fingerprint density at radius 1 is 1.40 bits per heavy atom. The first-order valence-corrected chi connectivity index (χ1v) is 7.34. The number of ketones is 1. The monoisotopic (exact) mass is 309 g/mol. The lowest BCUT2D eigenvalue weighted by molar-refractivity contribution is 0.103. The molecule has 0 unspecified atom stereocenters. The van der Waals surface area contributed by atoms with E-state index in [0.29, 0.717) is 28.4 Å². The van der Waals surface area contributed by atoms with Crippen LogP contribution in [-0.4, -0.2) is 41.6 Å². The van der Waals surface area contributed by atoms with Gasteiger partial charge in [0.05, 0.1) is 0 Å². The Kier molecular flexibility index (Phi) is 4.67. The Bertz CT molecular complexity index is 570. The van der Waals surface area contributed by atoms with Crippen molar-refractivity contribution < 1.29 is 14.3 Å². The van der Waals surface area contributed by atoms with Crippen LogP contribution in [0.3, 0.4) is 0 Å². The van der Waals surface area contributed by atoms with Gasteiger partial charge in [0.25, 0.3) is 0 Å². The largest absolute Gasteiger partial charge is 0.454 e. The molecule has 2 rings (SSSR count). The molecule has 0 aromatic heterocycles. The third-order valence-electron chi connectivity index (χ3n) is 2.69. The number of fused-ring (bicyclic) bond motifs is 1. The van der Waals surface area contributed by atoms with Crippen LogP contribution >= 0.6 is 24.0 Å². The molecule has 1 aliphatic heterocycles. The van der Waals surface area contributed by atoms with Gasteiger partial charge in [-0.05, 0) is 18.2 Å². The van der Waals surface area contributed by atoms with Gasteiger partial charge < -0.3 is 14.4 Å². The molecule has 106 valence electrons. The van der Waals surface area contributed by atoms with E-state index in [1.54, 1.807) is 18.2 Å². The second-order valence-electron chi connectivity index (χ2n) is 4.45. The van der Waals surface area contributed by atoms with Crippen LogP contribution < -0.4 is 9.47 Å². The standard InChI is InChI=1S/C14H15NO3S2/c1-9(7-20-14(19)15(2)3)13(16)10-4-5-11-12(6-10)18-8-17-11/h4-6H,1,7-8H2,2-3H3. The van der Waals surface area contributed by atoms with E-state index >= 15 is 0 Å². The summed E-state index contributed by atoms with van der Waals surface area (Å²) in [5, 5.41) is 0. The first-order valence-electron chi connectivity index (χ1n) is 5.95. The maximum Gasteiger partial charge on any atom is 0.231 e. The number of hydrogen-bond donors (Lipinski definition) is 0. The fourth-order valence-electron chi connectivity index (χ4n) is 1.59. The zero-order valence-electron chi connectivity index (χ0n) is 11.3. The predicted molar refractivity (Wildman–Crippen MR) is 84.8 cm³/mol. The molecule has 0 atom stereocenters. The van der Waals surface area contributed by atoms with Gasteiger partial charge in [-0.25, -0.2) is 0 Å². The minimum absolute atomic E-state index is 0.0997. The molecule has 0 aliphatic carbocycles. The first-order chi connectivity index (χ1) is 9.49. The summed E-state index contributed by atoms with van der Waals surface area (Å²) >= 11 is 6.59. The summed E-state index contributed by atoms with van der Waals surface area (Å²) in [4.78, 5) is 14.1. The van der Waals surface area contributed by atoms with Crippen molar-refractivity contribution in [2.24, 2.45) is 0 Å². The molecule has 0 radical (unpaired) electrons. The van der Waals surface area contributed by atoms with Crippen LogP contribution in [0.1, 0.15) is 10.4 Å². The average molecular weight is 309 g/mol. The number of nitrogens with zero attached hydrogens (tertiary/aromatic N) is 1. The van der Waals surface area contributed by atoms with Crippen LogP contribution in [0.25, 0.3) is 0 Å². The highest BCUT2D eigenvalue weighted by Crippen LogP contribution is 2.33. The Balaban J connectivity index is 2.00. The van der Waals surface area contributed by atoms with Crippen molar-refractivity contribution in [1.82, 2.24) is 4.90 Å².